The summed E-state index contributed by atoms with van der Waals surface area (Å²) in [4.78, 5) is 4.14. The Balaban J connectivity index is 1.90. The largest absolute Gasteiger partial charge is 0.301 e. The van der Waals surface area contributed by atoms with E-state index in [9.17, 15) is 0 Å². The van der Waals surface area contributed by atoms with Crippen LogP contribution < -0.4 is 5.32 Å². The van der Waals surface area contributed by atoms with Gasteiger partial charge in [-0.15, -0.1) is 11.3 Å². The summed E-state index contributed by atoms with van der Waals surface area (Å²) >= 11 is 1.90. The van der Waals surface area contributed by atoms with Crippen molar-refractivity contribution in [2.24, 2.45) is 0 Å². The maximum absolute atomic E-state index is 3.73. The first-order valence-electron chi connectivity index (χ1n) is 5.77. The van der Waals surface area contributed by atoms with Crippen LogP contribution in [0.2, 0.25) is 0 Å². The third-order valence-electron chi connectivity index (χ3n) is 3.88. The Morgan fingerprint density at radius 3 is 3.13 bits per heavy atom. The Kier molecular flexibility index (Phi) is 2.16. The van der Waals surface area contributed by atoms with Crippen LogP contribution in [0, 0.1) is 0 Å². The third-order valence-corrected chi connectivity index (χ3v) is 4.80. The average molecular weight is 222 g/mol. The zero-order chi connectivity index (χ0) is 10.5. The Bertz CT molecular complexity index is 371. The third kappa shape index (κ3) is 1.37. The summed E-state index contributed by atoms with van der Waals surface area (Å²) < 4.78 is 0. The first-order chi connectivity index (χ1) is 7.21. The topological polar surface area (TPSA) is 15.3 Å². The molecule has 2 aliphatic heterocycles. The van der Waals surface area contributed by atoms with Gasteiger partial charge in [0.2, 0.25) is 0 Å². The minimum atomic E-state index is 0.291. The molecule has 0 amide bonds. The molecule has 1 spiro atoms. The summed E-state index contributed by atoms with van der Waals surface area (Å²) in [7, 11) is 0. The van der Waals surface area contributed by atoms with Gasteiger partial charge < -0.3 is 5.32 Å². The van der Waals surface area contributed by atoms with Crippen molar-refractivity contribution in [2.75, 3.05) is 13.1 Å². The molecule has 1 aromatic rings. The van der Waals surface area contributed by atoms with Gasteiger partial charge >= 0.3 is 0 Å². The molecular weight excluding hydrogens is 204 g/mol. The normalized spacial score (nSPS) is 30.6. The molecule has 0 aromatic carbocycles. The minimum Gasteiger partial charge on any atom is -0.301 e. The van der Waals surface area contributed by atoms with E-state index in [4.69, 9.17) is 0 Å². The summed E-state index contributed by atoms with van der Waals surface area (Å²) in [5.74, 6) is 0. The van der Waals surface area contributed by atoms with Crippen molar-refractivity contribution in [1.29, 1.82) is 0 Å². The molecule has 1 atom stereocenters. The van der Waals surface area contributed by atoms with E-state index in [1.807, 2.05) is 11.3 Å². The Morgan fingerprint density at radius 2 is 2.40 bits per heavy atom. The number of nitrogens with zero attached hydrogens (tertiary/aromatic N) is 1. The highest BCUT2D eigenvalue weighted by Gasteiger charge is 2.44. The molecule has 15 heavy (non-hydrogen) atoms. The van der Waals surface area contributed by atoms with Gasteiger partial charge in [0.25, 0.3) is 0 Å². The van der Waals surface area contributed by atoms with Gasteiger partial charge in [-0.25, -0.2) is 0 Å². The summed E-state index contributed by atoms with van der Waals surface area (Å²) in [5.41, 5.74) is 1.87. The lowest BCUT2D eigenvalue weighted by Crippen LogP contribution is -2.41. The van der Waals surface area contributed by atoms with E-state index in [0.29, 0.717) is 11.6 Å². The highest BCUT2D eigenvalue weighted by Crippen LogP contribution is 2.41. The fourth-order valence-electron chi connectivity index (χ4n) is 2.89. The standard InChI is InChI=1S/C12H18N2S/c1-9(2)14-5-4-12(8-14)10-3-6-15-11(10)7-13-12/h3,6,9,13H,4-5,7-8H2,1-2H3. The Morgan fingerprint density at radius 1 is 1.53 bits per heavy atom. The molecule has 1 fully saturated rings. The highest BCUT2D eigenvalue weighted by molar-refractivity contribution is 7.10. The van der Waals surface area contributed by atoms with Crippen LogP contribution in [0.1, 0.15) is 30.7 Å². The average Bonchev–Trinajstić information content (AvgIpc) is 2.88. The van der Waals surface area contributed by atoms with Crippen molar-refractivity contribution in [3.63, 3.8) is 0 Å². The fraction of sp³-hybridized carbons (Fsp3) is 0.667. The van der Waals surface area contributed by atoms with E-state index < -0.39 is 0 Å². The molecule has 82 valence electrons. The number of nitrogens with one attached hydrogen (secondary N) is 1. The van der Waals surface area contributed by atoms with E-state index in [1.165, 1.54) is 19.5 Å². The quantitative estimate of drug-likeness (QED) is 0.783. The number of hydrogen-bond donors (Lipinski definition) is 1. The summed E-state index contributed by atoms with van der Waals surface area (Å²) in [6.07, 6.45) is 1.27. The van der Waals surface area contributed by atoms with Crippen LogP contribution >= 0.6 is 11.3 Å². The maximum Gasteiger partial charge on any atom is 0.0590 e. The lowest BCUT2D eigenvalue weighted by Gasteiger charge is -2.27. The lowest BCUT2D eigenvalue weighted by molar-refractivity contribution is 0.246. The van der Waals surface area contributed by atoms with Gasteiger partial charge in [-0.1, -0.05) is 0 Å². The molecule has 1 unspecified atom stereocenters. The van der Waals surface area contributed by atoms with Gasteiger partial charge in [-0.2, -0.15) is 0 Å². The molecule has 2 nitrogen and oxygen atoms in total. The summed E-state index contributed by atoms with van der Waals surface area (Å²) in [5, 5.41) is 5.97. The number of likely N-dealkylation sites (tertiary alicyclic amines) is 1. The van der Waals surface area contributed by atoms with Crippen LogP contribution in [-0.2, 0) is 12.1 Å². The summed E-state index contributed by atoms with van der Waals surface area (Å²) in [6.45, 7) is 8.10. The molecule has 0 bridgehead atoms. The van der Waals surface area contributed by atoms with E-state index >= 15 is 0 Å². The van der Waals surface area contributed by atoms with Crippen LogP contribution in [0.15, 0.2) is 11.4 Å². The first-order valence-corrected chi connectivity index (χ1v) is 6.65. The molecule has 0 radical (unpaired) electrons. The number of thiophene rings is 1. The van der Waals surface area contributed by atoms with Gasteiger partial charge in [-0.3, -0.25) is 4.90 Å². The molecule has 1 aromatic heterocycles. The summed E-state index contributed by atoms with van der Waals surface area (Å²) in [6, 6.07) is 3.00. The molecule has 3 heteroatoms. The lowest BCUT2D eigenvalue weighted by atomic mass is 9.93. The van der Waals surface area contributed by atoms with Gasteiger partial charge in [0, 0.05) is 30.6 Å². The molecule has 3 rings (SSSR count). The molecule has 0 saturated carbocycles. The van der Waals surface area contributed by atoms with Crippen LogP contribution in [0.3, 0.4) is 0 Å². The first kappa shape index (κ1) is 9.82. The Hall–Kier alpha value is -0.380. The van der Waals surface area contributed by atoms with E-state index in [-0.39, 0.29) is 0 Å². The second-order valence-corrected chi connectivity index (χ2v) is 6.01. The van der Waals surface area contributed by atoms with Crippen molar-refractivity contribution in [3.8, 4) is 0 Å². The number of rotatable bonds is 1. The minimum absolute atomic E-state index is 0.291. The SMILES string of the molecule is CC(C)N1CCC2(C1)NCc1sccc12. The highest BCUT2D eigenvalue weighted by atomic mass is 32.1. The smallest absolute Gasteiger partial charge is 0.0590 e. The predicted octanol–water partition coefficient (Wildman–Crippen LogP) is 2.16. The van der Waals surface area contributed by atoms with E-state index in [0.717, 1.165) is 6.54 Å². The van der Waals surface area contributed by atoms with Crippen LogP contribution in [0.4, 0.5) is 0 Å². The predicted molar refractivity (Wildman–Crippen MR) is 64.2 cm³/mol. The molecule has 1 saturated heterocycles. The van der Waals surface area contributed by atoms with E-state index in [1.54, 1.807) is 10.4 Å². The molecular formula is C12H18N2S. The van der Waals surface area contributed by atoms with Crippen molar-refractivity contribution in [2.45, 2.75) is 38.4 Å². The van der Waals surface area contributed by atoms with E-state index in [2.05, 4.69) is 35.5 Å². The second kappa shape index (κ2) is 3.30. The van der Waals surface area contributed by atoms with Crippen LogP contribution in [0.25, 0.3) is 0 Å². The number of fused-ring (bicyclic) bond motifs is 2. The van der Waals surface area contributed by atoms with Crippen LogP contribution in [-0.4, -0.2) is 24.0 Å². The zero-order valence-corrected chi connectivity index (χ0v) is 10.2. The van der Waals surface area contributed by atoms with Crippen molar-refractivity contribution in [1.82, 2.24) is 10.2 Å². The zero-order valence-electron chi connectivity index (χ0n) is 9.42. The fourth-order valence-corrected chi connectivity index (χ4v) is 3.81. The monoisotopic (exact) mass is 222 g/mol. The molecule has 0 aliphatic carbocycles. The van der Waals surface area contributed by atoms with Crippen molar-refractivity contribution in [3.05, 3.63) is 21.9 Å². The van der Waals surface area contributed by atoms with Gasteiger partial charge in [0.1, 0.15) is 0 Å². The molecule has 3 heterocycles. The van der Waals surface area contributed by atoms with Gasteiger partial charge in [0.15, 0.2) is 0 Å². The Labute approximate surface area is 95.3 Å². The van der Waals surface area contributed by atoms with Gasteiger partial charge in [-0.05, 0) is 37.3 Å². The van der Waals surface area contributed by atoms with Crippen LogP contribution in [0.5, 0.6) is 0 Å². The van der Waals surface area contributed by atoms with Crippen molar-refractivity contribution < 1.29 is 0 Å². The number of hydrogen-bond acceptors (Lipinski definition) is 3. The molecule has 1 N–H and O–H groups in total. The second-order valence-electron chi connectivity index (χ2n) is 5.01. The van der Waals surface area contributed by atoms with Crippen molar-refractivity contribution >= 4 is 11.3 Å². The van der Waals surface area contributed by atoms with Gasteiger partial charge in [0.05, 0.1) is 5.54 Å². The molecule has 2 aliphatic rings. The maximum atomic E-state index is 3.73.